The number of hydrogen-bond donors (Lipinski definition) is 3. The van der Waals surface area contributed by atoms with Gasteiger partial charge in [-0.15, -0.1) is 0 Å². The standard InChI is InChI=1S/C18H15N5O2/c24-17(20-16-13-8-4-5-9-14(13)21-22-16)15-10-19-18(25)23(15)11-12-6-2-1-3-7-12/h1-10H,11H2,(H,19,25)(H2,20,21,22,24). The van der Waals surface area contributed by atoms with E-state index in [1.54, 1.807) is 0 Å². The van der Waals surface area contributed by atoms with Crippen molar-refractivity contribution in [3.05, 3.63) is 82.5 Å². The molecule has 4 rings (SSSR count). The quantitative estimate of drug-likeness (QED) is 0.535. The van der Waals surface area contributed by atoms with Crippen LogP contribution in [0.2, 0.25) is 0 Å². The number of aromatic nitrogens is 4. The van der Waals surface area contributed by atoms with E-state index in [0.29, 0.717) is 12.4 Å². The van der Waals surface area contributed by atoms with Crippen molar-refractivity contribution in [3.63, 3.8) is 0 Å². The molecular formula is C18H15N5O2. The molecule has 0 fully saturated rings. The van der Waals surface area contributed by atoms with Crippen LogP contribution in [0.5, 0.6) is 0 Å². The summed E-state index contributed by atoms with van der Waals surface area (Å²) in [7, 11) is 0. The number of aromatic amines is 2. The molecule has 1 amide bonds. The van der Waals surface area contributed by atoms with E-state index in [9.17, 15) is 9.59 Å². The zero-order valence-corrected chi connectivity index (χ0v) is 13.2. The molecule has 2 heterocycles. The zero-order chi connectivity index (χ0) is 17.2. The highest BCUT2D eigenvalue weighted by Crippen LogP contribution is 2.20. The van der Waals surface area contributed by atoms with Crippen molar-refractivity contribution >= 4 is 22.6 Å². The second kappa shape index (κ2) is 6.12. The minimum absolute atomic E-state index is 0.251. The summed E-state index contributed by atoms with van der Waals surface area (Å²) in [5, 5.41) is 10.6. The summed E-state index contributed by atoms with van der Waals surface area (Å²) in [4.78, 5) is 27.3. The normalized spacial score (nSPS) is 10.9. The van der Waals surface area contributed by atoms with Gasteiger partial charge in [-0.1, -0.05) is 42.5 Å². The van der Waals surface area contributed by atoms with Gasteiger partial charge in [0.15, 0.2) is 5.82 Å². The van der Waals surface area contributed by atoms with Gasteiger partial charge in [0.2, 0.25) is 0 Å². The van der Waals surface area contributed by atoms with E-state index in [-0.39, 0.29) is 11.4 Å². The fraction of sp³-hybridized carbons (Fsp3) is 0.0556. The molecule has 0 spiro atoms. The Balaban J connectivity index is 1.64. The molecule has 0 aliphatic rings. The first-order valence-corrected chi connectivity index (χ1v) is 7.79. The Morgan fingerprint density at radius 3 is 2.68 bits per heavy atom. The second-order valence-electron chi connectivity index (χ2n) is 5.62. The number of rotatable bonds is 4. The highest BCUT2D eigenvalue weighted by atomic mass is 16.2. The first-order chi connectivity index (χ1) is 12.2. The van der Waals surface area contributed by atoms with E-state index in [1.165, 1.54) is 10.8 Å². The minimum atomic E-state index is -0.397. The Labute approximate surface area is 142 Å². The third-order valence-electron chi connectivity index (χ3n) is 3.99. The summed E-state index contributed by atoms with van der Waals surface area (Å²) >= 11 is 0. The van der Waals surface area contributed by atoms with E-state index in [1.807, 2.05) is 54.6 Å². The Bertz CT molecular complexity index is 1090. The van der Waals surface area contributed by atoms with Crippen LogP contribution >= 0.6 is 0 Å². The van der Waals surface area contributed by atoms with Crippen molar-refractivity contribution in [2.75, 3.05) is 5.32 Å². The number of carbonyl (C=O) groups excluding carboxylic acids is 1. The van der Waals surface area contributed by atoms with Gasteiger partial charge in [0.25, 0.3) is 5.91 Å². The van der Waals surface area contributed by atoms with Gasteiger partial charge in [-0.05, 0) is 17.7 Å². The lowest BCUT2D eigenvalue weighted by molar-refractivity contribution is 0.101. The Kier molecular flexibility index (Phi) is 3.66. The molecule has 124 valence electrons. The SMILES string of the molecule is O=C(Nc1n[nH]c2ccccc12)c1c[nH]c(=O)n1Cc1ccccc1. The number of para-hydroxylation sites is 1. The van der Waals surface area contributed by atoms with Crippen LogP contribution in [0, 0.1) is 0 Å². The van der Waals surface area contributed by atoms with Crippen LogP contribution in [-0.4, -0.2) is 25.7 Å². The summed E-state index contributed by atoms with van der Waals surface area (Å²) < 4.78 is 1.40. The van der Waals surface area contributed by atoms with Crippen LogP contribution in [0.4, 0.5) is 5.82 Å². The lowest BCUT2D eigenvalue weighted by Gasteiger charge is -2.07. The average molecular weight is 333 g/mol. The first-order valence-electron chi connectivity index (χ1n) is 7.79. The van der Waals surface area contributed by atoms with Crippen molar-refractivity contribution in [1.29, 1.82) is 0 Å². The van der Waals surface area contributed by atoms with Crippen molar-refractivity contribution in [3.8, 4) is 0 Å². The van der Waals surface area contributed by atoms with Crippen molar-refractivity contribution in [2.24, 2.45) is 0 Å². The number of amides is 1. The topological polar surface area (TPSA) is 95.6 Å². The van der Waals surface area contributed by atoms with Crippen LogP contribution in [-0.2, 0) is 6.54 Å². The molecule has 0 aliphatic carbocycles. The summed E-state index contributed by atoms with van der Waals surface area (Å²) in [6.07, 6.45) is 1.41. The molecular weight excluding hydrogens is 318 g/mol. The van der Waals surface area contributed by atoms with E-state index >= 15 is 0 Å². The molecule has 0 radical (unpaired) electrons. The summed E-state index contributed by atoms with van der Waals surface area (Å²) in [5.74, 6) is 0.0343. The molecule has 0 saturated heterocycles. The fourth-order valence-electron chi connectivity index (χ4n) is 2.74. The van der Waals surface area contributed by atoms with E-state index in [4.69, 9.17) is 0 Å². The van der Waals surface area contributed by atoms with E-state index in [0.717, 1.165) is 16.5 Å². The van der Waals surface area contributed by atoms with Crippen molar-refractivity contribution < 1.29 is 4.79 Å². The number of imidazole rings is 1. The summed E-state index contributed by atoms with van der Waals surface area (Å²) in [5.41, 5.74) is 1.68. The summed E-state index contributed by atoms with van der Waals surface area (Å²) in [6.45, 7) is 0.313. The monoisotopic (exact) mass is 333 g/mol. The molecule has 0 saturated carbocycles. The predicted molar refractivity (Wildman–Crippen MR) is 94.6 cm³/mol. The maximum Gasteiger partial charge on any atom is 0.326 e. The highest BCUT2D eigenvalue weighted by Gasteiger charge is 2.17. The molecule has 3 N–H and O–H groups in total. The minimum Gasteiger partial charge on any atom is -0.312 e. The molecule has 25 heavy (non-hydrogen) atoms. The third-order valence-corrected chi connectivity index (χ3v) is 3.99. The lowest BCUT2D eigenvalue weighted by atomic mass is 10.2. The maximum atomic E-state index is 12.6. The molecule has 2 aromatic heterocycles. The summed E-state index contributed by atoms with van der Waals surface area (Å²) in [6, 6.07) is 17.0. The predicted octanol–water partition coefficient (Wildman–Crippen LogP) is 2.35. The zero-order valence-electron chi connectivity index (χ0n) is 13.2. The number of hydrogen-bond acceptors (Lipinski definition) is 3. The molecule has 2 aromatic carbocycles. The maximum absolute atomic E-state index is 12.6. The molecule has 0 aliphatic heterocycles. The van der Waals surface area contributed by atoms with Gasteiger partial charge in [0.1, 0.15) is 5.69 Å². The number of fused-ring (bicyclic) bond motifs is 1. The third kappa shape index (κ3) is 2.83. The Morgan fingerprint density at radius 1 is 1.08 bits per heavy atom. The van der Waals surface area contributed by atoms with Crippen molar-refractivity contribution in [2.45, 2.75) is 6.54 Å². The van der Waals surface area contributed by atoms with Crippen LogP contribution in [0.3, 0.4) is 0 Å². The van der Waals surface area contributed by atoms with Gasteiger partial charge < -0.3 is 10.3 Å². The Morgan fingerprint density at radius 2 is 1.84 bits per heavy atom. The number of nitrogens with zero attached hydrogens (tertiary/aromatic N) is 2. The number of benzene rings is 2. The van der Waals surface area contributed by atoms with Gasteiger partial charge in [-0.3, -0.25) is 14.5 Å². The van der Waals surface area contributed by atoms with E-state index < -0.39 is 5.91 Å². The molecule has 4 aromatic rings. The number of nitrogens with one attached hydrogen (secondary N) is 3. The van der Waals surface area contributed by atoms with Crippen LogP contribution in [0.1, 0.15) is 16.1 Å². The Hall–Kier alpha value is -3.61. The van der Waals surface area contributed by atoms with Crippen LogP contribution in [0.25, 0.3) is 10.9 Å². The van der Waals surface area contributed by atoms with Gasteiger partial charge in [-0.25, -0.2) is 4.79 Å². The molecule has 0 unspecified atom stereocenters. The number of anilines is 1. The smallest absolute Gasteiger partial charge is 0.312 e. The highest BCUT2D eigenvalue weighted by molar-refractivity contribution is 6.06. The molecule has 0 bridgehead atoms. The van der Waals surface area contributed by atoms with Crippen LogP contribution < -0.4 is 11.0 Å². The average Bonchev–Trinajstić information content (AvgIpc) is 3.20. The second-order valence-corrected chi connectivity index (χ2v) is 5.62. The first kappa shape index (κ1) is 14.9. The molecule has 0 atom stereocenters. The van der Waals surface area contributed by atoms with Gasteiger partial charge >= 0.3 is 5.69 Å². The van der Waals surface area contributed by atoms with Gasteiger partial charge in [-0.2, -0.15) is 5.10 Å². The van der Waals surface area contributed by atoms with Gasteiger partial charge in [0, 0.05) is 11.6 Å². The van der Waals surface area contributed by atoms with Crippen LogP contribution in [0.15, 0.2) is 65.6 Å². The lowest BCUT2D eigenvalue weighted by Crippen LogP contribution is -2.24. The largest absolute Gasteiger partial charge is 0.326 e. The van der Waals surface area contributed by atoms with Gasteiger partial charge in [0.05, 0.1) is 12.1 Å². The molecule has 7 heteroatoms. The molecule has 7 nitrogen and oxygen atoms in total. The fourth-order valence-corrected chi connectivity index (χ4v) is 2.74. The number of carbonyl (C=O) groups is 1. The number of H-pyrrole nitrogens is 2. The van der Waals surface area contributed by atoms with E-state index in [2.05, 4.69) is 20.5 Å². The van der Waals surface area contributed by atoms with Crippen molar-refractivity contribution in [1.82, 2.24) is 19.7 Å².